The van der Waals surface area contributed by atoms with Gasteiger partial charge in [0.1, 0.15) is 0 Å². The summed E-state index contributed by atoms with van der Waals surface area (Å²) in [6.45, 7) is 0. The minimum absolute atomic E-state index is 0.213. The quantitative estimate of drug-likeness (QED) is 0.768. The third-order valence-corrected chi connectivity index (χ3v) is 3.28. The highest BCUT2D eigenvalue weighted by Gasteiger charge is 2.48. The smallest absolute Gasteiger partial charge is 0.307 e. The summed E-state index contributed by atoms with van der Waals surface area (Å²) in [6, 6.07) is 4.25. The Kier molecular flexibility index (Phi) is 3.44. The summed E-state index contributed by atoms with van der Waals surface area (Å²) >= 11 is 5.89. The van der Waals surface area contributed by atoms with Crippen molar-refractivity contribution in [1.82, 2.24) is 0 Å². The van der Waals surface area contributed by atoms with E-state index in [0.29, 0.717) is 6.42 Å². The number of carboxylic acid groups (broad SMARTS) is 1. The molecule has 100 valence electrons. The zero-order valence-electron chi connectivity index (χ0n) is 9.72. The first-order valence-corrected chi connectivity index (χ1v) is 5.91. The van der Waals surface area contributed by atoms with Gasteiger partial charge >= 0.3 is 5.97 Å². The van der Waals surface area contributed by atoms with Gasteiger partial charge in [0.2, 0.25) is 11.8 Å². The Bertz CT molecular complexity index is 573. The number of carbonyl (C=O) groups is 3. The van der Waals surface area contributed by atoms with Crippen molar-refractivity contribution in [2.75, 3.05) is 5.32 Å². The van der Waals surface area contributed by atoms with Gasteiger partial charge in [0.25, 0.3) is 0 Å². The maximum Gasteiger partial charge on any atom is 0.307 e. The number of benzene rings is 1. The SMILES string of the molecule is NC(=O)c1ccc(Cl)c(NC(=O)C2CC2C(=O)O)c1. The molecule has 19 heavy (non-hydrogen) atoms. The highest BCUT2D eigenvalue weighted by Crippen LogP contribution is 2.39. The van der Waals surface area contributed by atoms with Crippen molar-refractivity contribution in [2.45, 2.75) is 6.42 Å². The first-order chi connectivity index (χ1) is 8.90. The Labute approximate surface area is 113 Å². The van der Waals surface area contributed by atoms with Gasteiger partial charge in [-0.3, -0.25) is 14.4 Å². The van der Waals surface area contributed by atoms with Crippen molar-refractivity contribution in [3.8, 4) is 0 Å². The first kappa shape index (κ1) is 13.4. The molecule has 7 heteroatoms. The van der Waals surface area contributed by atoms with E-state index in [4.69, 9.17) is 22.4 Å². The van der Waals surface area contributed by atoms with E-state index in [0.717, 1.165) is 0 Å². The van der Waals surface area contributed by atoms with Crippen LogP contribution in [0.15, 0.2) is 18.2 Å². The predicted octanol–water partition coefficient (Wildman–Crippen LogP) is 1.10. The number of aliphatic carboxylic acids is 1. The minimum Gasteiger partial charge on any atom is -0.481 e. The molecule has 0 aromatic heterocycles. The van der Waals surface area contributed by atoms with E-state index in [1.165, 1.54) is 18.2 Å². The maximum absolute atomic E-state index is 11.8. The average Bonchev–Trinajstić information content (AvgIpc) is 3.11. The molecule has 4 N–H and O–H groups in total. The molecule has 0 aliphatic heterocycles. The summed E-state index contributed by atoms with van der Waals surface area (Å²) in [5.41, 5.74) is 5.59. The number of rotatable bonds is 4. The lowest BCUT2D eigenvalue weighted by atomic mass is 10.2. The fourth-order valence-corrected chi connectivity index (χ4v) is 1.92. The van der Waals surface area contributed by atoms with E-state index < -0.39 is 29.6 Å². The normalized spacial score (nSPS) is 20.7. The molecule has 0 radical (unpaired) electrons. The molecule has 0 bridgehead atoms. The molecule has 1 fully saturated rings. The van der Waals surface area contributed by atoms with E-state index in [1.807, 2.05) is 0 Å². The molecule has 1 aliphatic rings. The predicted molar refractivity (Wildman–Crippen MR) is 67.8 cm³/mol. The summed E-state index contributed by atoms with van der Waals surface area (Å²) in [5, 5.41) is 11.5. The summed E-state index contributed by atoms with van der Waals surface area (Å²) in [5.74, 6) is -3.24. The van der Waals surface area contributed by atoms with Gasteiger partial charge in [-0.1, -0.05) is 11.6 Å². The molecule has 2 atom stereocenters. The largest absolute Gasteiger partial charge is 0.481 e. The van der Waals surface area contributed by atoms with Crippen LogP contribution in [0.1, 0.15) is 16.8 Å². The van der Waals surface area contributed by atoms with Crippen molar-refractivity contribution >= 4 is 35.1 Å². The van der Waals surface area contributed by atoms with Crippen molar-refractivity contribution < 1.29 is 19.5 Å². The van der Waals surface area contributed by atoms with Gasteiger partial charge in [-0.2, -0.15) is 0 Å². The molecule has 1 aromatic rings. The fraction of sp³-hybridized carbons (Fsp3) is 0.250. The van der Waals surface area contributed by atoms with Gasteiger partial charge in [-0.25, -0.2) is 0 Å². The van der Waals surface area contributed by atoms with E-state index in [1.54, 1.807) is 0 Å². The summed E-state index contributed by atoms with van der Waals surface area (Å²) in [7, 11) is 0. The van der Waals surface area contributed by atoms with Crippen LogP contribution >= 0.6 is 11.6 Å². The zero-order chi connectivity index (χ0) is 14.2. The van der Waals surface area contributed by atoms with E-state index in [2.05, 4.69) is 5.32 Å². The van der Waals surface area contributed by atoms with Crippen LogP contribution in [-0.2, 0) is 9.59 Å². The second-order valence-electron chi connectivity index (χ2n) is 4.34. The van der Waals surface area contributed by atoms with Crippen molar-refractivity contribution in [1.29, 1.82) is 0 Å². The summed E-state index contributed by atoms with van der Waals surface area (Å²) in [4.78, 5) is 33.5. The number of nitrogens with one attached hydrogen (secondary N) is 1. The topological polar surface area (TPSA) is 109 Å². The monoisotopic (exact) mass is 282 g/mol. The highest BCUT2D eigenvalue weighted by molar-refractivity contribution is 6.34. The number of carboxylic acids is 1. The molecular formula is C12H11ClN2O4. The molecule has 0 heterocycles. The molecule has 1 saturated carbocycles. The number of carbonyl (C=O) groups excluding carboxylic acids is 2. The molecule has 2 rings (SSSR count). The number of hydrogen-bond donors (Lipinski definition) is 3. The third kappa shape index (κ3) is 2.85. The lowest BCUT2D eigenvalue weighted by Gasteiger charge is -2.08. The van der Waals surface area contributed by atoms with Crippen LogP contribution in [0.2, 0.25) is 5.02 Å². The molecule has 1 aliphatic carbocycles. The van der Waals surface area contributed by atoms with Gasteiger partial charge in [0.05, 0.1) is 22.5 Å². The first-order valence-electron chi connectivity index (χ1n) is 5.53. The number of primary amides is 1. The number of amides is 2. The number of hydrogen-bond acceptors (Lipinski definition) is 3. The summed E-state index contributed by atoms with van der Waals surface area (Å²) in [6.07, 6.45) is 0.314. The van der Waals surface area contributed by atoms with Crippen LogP contribution in [0.5, 0.6) is 0 Å². The Morgan fingerprint density at radius 3 is 2.53 bits per heavy atom. The van der Waals surface area contributed by atoms with E-state index in [9.17, 15) is 14.4 Å². The van der Waals surface area contributed by atoms with Crippen molar-refractivity contribution in [3.05, 3.63) is 28.8 Å². The van der Waals surface area contributed by atoms with Gasteiger partial charge in [-0.15, -0.1) is 0 Å². The van der Waals surface area contributed by atoms with Crippen molar-refractivity contribution in [3.63, 3.8) is 0 Å². The number of halogens is 1. The molecule has 2 amide bonds. The van der Waals surface area contributed by atoms with Crippen LogP contribution in [-0.4, -0.2) is 22.9 Å². The van der Waals surface area contributed by atoms with Crippen molar-refractivity contribution in [2.24, 2.45) is 17.6 Å². The van der Waals surface area contributed by atoms with Crippen LogP contribution in [0, 0.1) is 11.8 Å². The average molecular weight is 283 g/mol. The Morgan fingerprint density at radius 2 is 2.00 bits per heavy atom. The van der Waals surface area contributed by atoms with E-state index in [-0.39, 0.29) is 16.3 Å². The standard InChI is InChI=1S/C12H11ClN2O4/c13-8-2-1-5(10(14)16)3-9(8)15-11(17)6-4-7(6)12(18)19/h1-3,6-7H,4H2,(H2,14,16)(H,15,17)(H,18,19). The van der Waals surface area contributed by atoms with Gasteiger partial charge < -0.3 is 16.2 Å². The van der Waals surface area contributed by atoms with Crippen LogP contribution in [0.25, 0.3) is 0 Å². The van der Waals surface area contributed by atoms with E-state index >= 15 is 0 Å². The Hall–Kier alpha value is -2.08. The molecule has 2 unspecified atom stereocenters. The lowest BCUT2D eigenvalue weighted by molar-refractivity contribution is -0.139. The molecule has 0 saturated heterocycles. The molecular weight excluding hydrogens is 272 g/mol. The zero-order valence-corrected chi connectivity index (χ0v) is 10.5. The van der Waals surface area contributed by atoms with Gasteiger partial charge in [0, 0.05) is 5.56 Å². The Balaban J connectivity index is 2.11. The molecule has 0 spiro atoms. The van der Waals surface area contributed by atoms with Gasteiger partial charge in [-0.05, 0) is 24.6 Å². The number of anilines is 1. The Morgan fingerprint density at radius 1 is 1.32 bits per heavy atom. The number of nitrogens with two attached hydrogens (primary N) is 1. The third-order valence-electron chi connectivity index (χ3n) is 2.95. The van der Waals surface area contributed by atoms with Gasteiger partial charge in [0.15, 0.2) is 0 Å². The van der Waals surface area contributed by atoms with Crippen LogP contribution in [0.4, 0.5) is 5.69 Å². The minimum atomic E-state index is -0.989. The molecule has 1 aromatic carbocycles. The van der Waals surface area contributed by atoms with Crippen LogP contribution in [0.3, 0.4) is 0 Å². The highest BCUT2D eigenvalue weighted by atomic mass is 35.5. The maximum atomic E-state index is 11.8. The fourth-order valence-electron chi connectivity index (χ4n) is 1.76. The molecule has 6 nitrogen and oxygen atoms in total. The van der Waals surface area contributed by atoms with Crippen LogP contribution < -0.4 is 11.1 Å². The second-order valence-corrected chi connectivity index (χ2v) is 4.74. The second kappa shape index (κ2) is 4.89. The summed E-state index contributed by atoms with van der Waals surface area (Å²) < 4.78 is 0. The lowest BCUT2D eigenvalue weighted by Crippen LogP contribution is -2.18.